The lowest BCUT2D eigenvalue weighted by Gasteiger charge is -2.20. The Morgan fingerprint density at radius 1 is 1.08 bits per heavy atom. The molecule has 0 aromatic heterocycles. The van der Waals surface area contributed by atoms with Gasteiger partial charge < -0.3 is 15.5 Å². The number of rotatable bonds is 6. The fraction of sp³-hybridized carbons (Fsp3) is 0.211. The smallest absolute Gasteiger partial charge is 0.282 e. The number of hydrogen-bond donors (Lipinski definition) is 3. The van der Waals surface area contributed by atoms with Gasteiger partial charge in [0.1, 0.15) is 0 Å². The Balaban J connectivity index is 1.87. The summed E-state index contributed by atoms with van der Waals surface area (Å²) in [5.74, 6) is -0.394. The van der Waals surface area contributed by atoms with Gasteiger partial charge in [-0.15, -0.1) is 0 Å². The lowest BCUT2D eigenvalue weighted by atomic mass is 10.2. The topological polar surface area (TPSA) is 86.4 Å². The van der Waals surface area contributed by atoms with Crippen LogP contribution in [0.4, 0.5) is 11.4 Å². The quantitative estimate of drug-likeness (QED) is 0.722. The maximum absolute atomic E-state index is 12.3. The molecule has 0 radical (unpaired) electrons. The van der Waals surface area contributed by atoms with Gasteiger partial charge >= 0.3 is 0 Å². The van der Waals surface area contributed by atoms with Gasteiger partial charge in [-0.2, -0.15) is 5.26 Å². The number of carbonyl (C=O) groups excluding carboxylic acids is 2. The van der Waals surface area contributed by atoms with Gasteiger partial charge in [0, 0.05) is 16.4 Å². The molecular weight excluding hydrogens is 352 g/mol. The largest absolute Gasteiger partial charge is 0.321 e. The van der Waals surface area contributed by atoms with Crippen LogP contribution >= 0.6 is 11.6 Å². The minimum Gasteiger partial charge on any atom is -0.321 e. The van der Waals surface area contributed by atoms with Crippen molar-refractivity contribution in [3.05, 3.63) is 59.1 Å². The lowest BCUT2D eigenvalue weighted by Crippen LogP contribution is -3.14. The standard InChI is InChI=1S/C19H19ClN4O2/c1-13(19(26)23-17-7-3-14(11-21)4-8-17)24(2)12-18(25)22-16-9-5-15(20)6-10-16/h3-10,13H,12H2,1-2H3,(H,22,25)(H,23,26)/p+1/t13-/m1/s1. The monoisotopic (exact) mass is 371 g/mol. The normalized spacial score (nSPS) is 12.5. The third kappa shape index (κ3) is 5.59. The van der Waals surface area contributed by atoms with E-state index in [1.807, 2.05) is 6.07 Å². The number of nitriles is 1. The van der Waals surface area contributed by atoms with Crippen LogP contribution in [0.1, 0.15) is 12.5 Å². The predicted molar refractivity (Wildman–Crippen MR) is 101 cm³/mol. The molecule has 7 heteroatoms. The predicted octanol–water partition coefficient (Wildman–Crippen LogP) is 1.69. The van der Waals surface area contributed by atoms with Crippen LogP contribution in [0, 0.1) is 11.3 Å². The van der Waals surface area contributed by atoms with Crippen molar-refractivity contribution in [1.29, 1.82) is 5.26 Å². The average Bonchev–Trinajstić information content (AvgIpc) is 2.63. The first-order valence-electron chi connectivity index (χ1n) is 8.08. The fourth-order valence-corrected chi connectivity index (χ4v) is 2.37. The number of amides is 2. The molecule has 0 fully saturated rings. The van der Waals surface area contributed by atoms with Crippen molar-refractivity contribution < 1.29 is 14.5 Å². The van der Waals surface area contributed by atoms with E-state index in [-0.39, 0.29) is 18.4 Å². The summed E-state index contributed by atoms with van der Waals surface area (Å²) in [5, 5.41) is 14.9. The van der Waals surface area contributed by atoms with E-state index in [9.17, 15) is 9.59 Å². The summed E-state index contributed by atoms with van der Waals surface area (Å²) in [6, 6.07) is 15.0. The molecule has 6 nitrogen and oxygen atoms in total. The van der Waals surface area contributed by atoms with Crippen LogP contribution in [0.15, 0.2) is 48.5 Å². The molecular formula is C19H20ClN4O2+. The van der Waals surface area contributed by atoms with E-state index in [1.54, 1.807) is 62.5 Å². The number of quaternary nitrogens is 1. The zero-order valence-corrected chi connectivity index (χ0v) is 15.3. The van der Waals surface area contributed by atoms with Gasteiger partial charge in [0.15, 0.2) is 12.6 Å². The molecule has 0 heterocycles. The number of carbonyl (C=O) groups is 2. The summed E-state index contributed by atoms with van der Waals surface area (Å²) in [6.07, 6.45) is 0. The highest BCUT2D eigenvalue weighted by molar-refractivity contribution is 6.30. The number of likely N-dealkylation sites (N-methyl/N-ethyl adjacent to an activating group) is 1. The fourth-order valence-electron chi connectivity index (χ4n) is 2.25. The van der Waals surface area contributed by atoms with Crippen LogP contribution in [0.5, 0.6) is 0 Å². The van der Waals surface area contributed by atoms with Gasteiger partial charge in [-0.1, -0.05) is 11.6 Å². The maximum atomic E-state index is 12.3. The number of anilines is 2. The van der Waals surface area contributed by atoms with Crippen LogP contribution in [-0.4, -0.2) is 31.4 Å². The Bertz CT molecular complexity index is 813. The molecule has 0 aliphatic rings. The first kappa shape index (κ1) is 19.4. The summed E-state index contributed by atoms with van der Waals surface area (Å²) >= 11 is 5.82. The van der Waals surface area contributed by atoms with Crippen molar-refractivity contribution in [2.75, 3.05) is 24.2 Å². The van der Waals surface area contributed by atoms with E-state index in [1.165, 1.54) is 0 Å². The highest BCUT2D eigenvalue weighted by Gasteiger charge is 2.24. The van der Waals surface area contributed by atoms with E-state index < -0.39 is 6.04 Å². The molecule has 0 spiro atoms. The van der Waals surface area contributed by atoms with Crippen molar-refractivity contribution in [2.24, 2.45) is 0 Å². The Kier molecular flexibility index (Phi) is 6.73. The second-order valence-electron chi connectivity index (χ2n) is 5.98. The Morgan fingerprint density at radius 2 is 1.62 bits per heavy atom. The van der Waals surface area contributed by atoms with Gasteiger partial charge in [-0.05, 0) is 55.5 Å². The lowest BCUT2D eigenvalue weighted by molar-refractivity contribution is -0.885. The third-order valence-electron chi connectivity index (χ3n) is 3.98. The molecule has 2 atom stereocenters. The van der Waals surface area contributed by atoms with E-state index in [0.717, 1.165) is 4.90 Å². The van der Waals surface area contributed by atoms with Crippen LogP contribution in [0.3, 0.4) is 0 Å². The number of hydrogen-bond acceptors (Lipinski definition) is 3. The summed E-state index contributed by atoms with van der Waals surface area (Å²) in [6.45, 7) is 1.90. The van der Waals surface area contributed by atoms with Crippen molar-refractivity contribution in [1.82, 2.24) is 0 Å². The summed E-state index contributed by atoms with van der Waals surface area (Å²) in [5.41, 5.74) is 1.79. The number of halogens is 1. The number of nitrogens with one attached hydrogen (secondary N) is 3. The second-order valence-corrected chi connectivity index (χ2v) is 6.41. The highest BCUT2D eigenvalue weighted by atomic mass is 35.5. The van der Waals surface area contributed by atoms with E-state index in [4.69, 9.17) is 16.9 Å². The molecule has 3 N–H and O–H groups in total. The average molecular weight is 372 g/mol. The van der Waals surface area contributed by atoms with Crippen molar-refractivity contribution in [3.8, 4) is 6.07 Å². The van der Waals surface area contributed by atoms with Crippen LogP contribution in [0.25, 0.3) is 0 Å². The van der Waals surface area contributed by atoms with Gasteiger partial charge in [-0.25, -0.2) is 0 Å². The van der Waals surface area contributed by atoms with E-state index in [2.05, 4.69) is 10.6 Å². The van der Waals surface area contributed by atoms with E-state index >= 15 is 0 Å². The first-order valence-corrected chi connectivity index (χ1v) is 8.45. The number of nitrogens with zero attached hydrogens (tertiary/aromatic N) is 1. The van der Waals surface area contributed by atoms with Crippen LogP contribution in [-0.2, 0) is 9.59 Å². The van der Waals surface area contributed by atoms with Crippen molar-refractivity contribution in [3.63, 3.8) is 0 Å². The molecule has 0 saturated carbocycles. The molecule has 2 amide bonds. The zero-order chi connectivity index (χ0) is 19.1. The minimum atomic E-state index is -0.429. The van der Waals surface area contributed by atoms with E-state index in [0.29, 0.717) is 22.0 Å². The van der Waals surface area contributed by atoms with Crippen molar-refractivity contribution >= 4 is 34.8 Å². The SMILES string of the molecule is C[C@H](C(=O)Nc1ccc(C#N)cc1)[NH+](C)CC(=O)Nc1ccc(Cl)cc1. The summed E-state index contributed by atoms with van der Waals surface area (Å²) in [4.78, 5) is 25.2. The molecule has 0 bridgehead atoms. The molecule has 0 saturated heterocycles. The molecule has 1 unspecified atom stereocenters. The summed E-state index contributed by atoms with van der Waals surface area (Å²) in [7, 11) is 1.78. The van der Waals surface area contributed by atoms with Gasteiger partial charge in [-0.3, -0.25) is 9.59 Å². The van der Waals surface area contributed by atoms with Gasteiger partial charge in [0.25, 0.3) is 11.8 Å². The molecule has 0 aliphatic heterocycles. The molecule has 2 aromatic rings. The first-order chi connectivity index (χ1) is 12.4. The maximum Gasteiger partial charge on any atom is 0.282 e. The minimum absolute atomic E-state index is 0.143. The molecule has 2 rings (SSSR count). The molecule has 2 aromatic carbocycles. The Labute approximate surface area is 157 Å². The Morgan fingerprint density at radius 3 is 2.19 bits per heavy atom. The summed E-state index contributed by atoms with van der Waals surface area (Å²) < 4.78 is 0. The second kappa shape index (κ2) is 8.99. The zero-order valence-electron chi connectivity index (χ0n) is 14.5. The Hall–Kier alpha value is -2.88. The number of benzene rings is 2. The molecule has 0 aliphatic carbocycles. The van der Waals surface area contributed by atoms with Crippen molar-refractivity contribution in [2.45, 2.75) is 13.0 Å². The van der Waals surface area contributed by atoms with Crippen LogP contribution < -0.4 is 15.5 Å². The molecule has 26 heavy (non-hydrogen) atoms. The molecule has 134 valence electrons. The third-order valence-corrected chi connectivity index (χ3v) is 4.23. The highest BCUT2D eigenvalue weighted by Crippen LogP contribution is 2.13. The van der Waals surface area contributed by atoms with Crippen LogP contribution in [0.2, 0.25) is 5.02 Å². The van der Waals surface area contributed by atoms with Gasteiger partial charge in [0.05, 0.1) is 18.7 Å². The van der Waals surface area contributed by atoms with Gasteiger partial charge in [0.2, 0.25) is 0 Å².